The molecule has 0 bridgehead atoms. The number of carbonyl (C=O) groups is 1. The molecule has 1 aliphatic heterocycles. The van der Waals surface area contributed by atoms with Crippen LogP contribution in [0.3, 0.4) is 0 Å². The number of nitrogens with two attached hydrogens (primary N) is 1. The number of nitriles is 1. The molecule has 2 aliphatic rings. The van der Waals surface area contributed by atoms with E-state index < -0.39 is 5.92 Å². The normalized spacial score (nSPS) is 20.5. The third-order valence-electron chi connectivity index (χ3n) is 5.25. The van der Waals surface area contributed by atoms with Crippen LogP contribution in [0.1, 0.15) is 44.1 Å². The number of ether oxygens (including phenoxy) is 2. The van der Waals surface area contributed by atoms with E-state index in [9.17, 15) is 10.1 Å². The summed E-state index contributed by atoms with van der Waals surface area (Å²) in [5, 5.41) is 9.69. The molecule has 2 heterocycles. The van der Waals surface area contributed by atoms with Gasteiger partial charge in [-0.25, -0.2) is 0 Å². The SMILES string of the molecule is CC1(C)CC(=O)C2=C(C1)OC(N)=C(C#N)[C@@H]2c1ccc(COc2ccccc2Br)o1. The quantitative estimate of drug-likeness (QED) is 0.671. The van der Waals surface area contributed by atoms with Crippen molar-refractivity contribution in [2.75, 3.05) is 0 Å². The fourth-order valence-electron chi connectivity index (χ4n) is 3.91. The molecule has 2 N–H and O–H groups in total. The summed E-state index contributed by atoms with van der Waals surface area (Å²) in [7, 11) is 0. The number of rotatable bonds is 4. The zero-order valence-corrected chi connectivity index (χ0v) is 18.3. The molecular formula is C23H21BrN2O4. The molecule has 0 radical (unpaired) electrons. The van der Waals surface area contributed by atoms with Gasteiger partial charge in [0.2, 0.25) is 5.88 Å². The molecule has 1 aromatic heterocycles. The first kappa shape index (κ1) is 20.3. The van der Waals surface area contributed by atoms with Crippen molar-refractivity contribution in [1.82, 2.24) is 0 Å². The van der Waals surface area contributed by atoms with Crippen molar-refractivity contribution in [3.8, 4) is 11.8 Å². The van der Waals surface area contributed by atoms with Crippen molar-refractivity contribution >= 4 is 21.7 Å². The van der Waals surface area contributed by atoms with E-state index in [0.29, 0.717) is 41.4 Å². The van der Waals surface area contributed by atoms with Crippen molar-refractivity contribution in [3.05, 3.63) is 75.2 Å². The van der Waals surface area contributed by atoms with Crippen LogP contribution in [0, 0.1) is 16.7 Å². The summed E-state index contributed by atoms with van der Waals surface area (Å²) in [6.07, 6.45) is 0.950. The Morgan fingerprint density at radius 3 is 2.77 bits per heavy atom. The lowest BCUT2D eigenvalue weighted by Gasteiger charge is -2.36. The fraction of sp³-hybridized carbons (Fsp3) is 0.304. The zero-order valence-electron chi connectivity index (χ0n) is 16.7. The van der Waals surface area contributed by atoms with Gasteiger partial charge in [-0.2, -0.15) is 5.26 Å². The molecule has 0 fully saturated rings. The molecule has 1 atom stereocenters. The maximum absolute atomic E-state index is 13.0. The Bertz CT molecular complexity index is 1120. The Labute approximate surface area is 183 Å². The van der Waals surface area contributed by atoms with Crippen LogP contribution in [0.5, 0.6) is 5.75 Å². The lowest BCUT2D eigenvalue weighted by Crippen LogP contribution is -2.33. The Morgan fingerprint density at radius 2 is 2.03 bits per heavy atom. The van der Waals surface area contributed by atoms with Gasteiger partial charge in [-0.3, -0.25) is 4.79 Å². The van der Waals surface area contributed by atoms with E-state index in [2.05, 4.69) is 22.0 Å². The van der Waals surface area contributed by atoms with E-state index in [1.165, 1.54) is 0 Å². The topological polar surface area (TPSA) is 98.5 Å². The molecule has 0 saturated heterocycles. The number of para-hydroxylation sites is 1. The smallest absolute Gasteiger partial charge is 0.205 e. The molecule has 2 aromatic rings. The molecule has 4 rings (SSSR count). The number of benzene rings is 1. The number of halogens is 1. The van der Waals surface area contributed by atoms with Crippen LogP contribution in [0.15, 0.2) is 68.1 Å². The van der Waals surface area contributed by atoms with Crippen LogP contribution in [-0.2, 0) is 16.1 Å². The van der Waals surface area contributed by atoms with E-state index >= 15 is 0 Å². The number of carbonyl (C=O) groups excluding carboxylic acids is 1. The van der Waals surface area contributed by atoms with E-state index in [1.807, 2.05) is 38.1 Å². The first-order valence-corrected chi connectivity index (χ1v) is 10.4. The molecular weight excluding hydrogens is 448 g/mol. The van der Waals surface area contributed by atoms with Crippen LogP contribution in [0.25, 0.3) is 0 Å². The minimum absolute atomic E-state index is 0.0224. The Hall–Kier alpha value is -2.98. The number of ketones is 1. The maximum Gasteiger partial charge on any atom is 0.205 e. The number of furan rings is 1. The van der Waals surface area contributed by atoms with Gasteiger partial charge < -0.3 is 19.6 Å². The molecule has 7 heteroatoms. The van der Waals surface area contributed by atoms with Gasteiger partial charge in [0.15, 0.2) is 5.78 Å². The largest absolute Gasteiger partial charge is 0.484 e. The second kappa shape index (κ2) is 7.69. The minimum atomic E-state index is -0.667. The van der Waals surface area contributed by atoms with Crippen LogP contribution in [-0.4, -0.2) is 5.78 Å². The van der Waals surface area contributed by atoms with E-state index in [-0.39, 0.29) is 29.3 Å². The predicted molar refractivity (Wildman–Crippen MR) is 113 cm³/mol. The van der Waals surface area contributed by atoms with Crippen molar-refractivity contribution < 1.29 is 18.7 Å². The fourth-order valence-corrected chi connectivity index (χ4v) is 4.31. The summed E-state index contributed by atoms with van der Waals surface area (Å²) in [4.78, 5) is 13.0. The van der Waals surface area contributed by atoms with Crippen molar-refractivity contribution in [2.45, 2.75) is 39.2 Å². The Morgan fingerprint density at radius 1 is 1.27 bits per heavy atom. The van der Waals surface area contributed by atoms with Gasteiger partial charge in [0.25, 0.3) is 0 Å². The van der Waals surface area contributed by atoms with Crippen LogP contribution < -0.4 is 10.5 Å². The number of nitrogens with zero attached hydrogens (tertiary/aromatic N) is 1. The summed E-state index contributed by atoms with van der Waals surface area (Å²) in [5.41, 5.74) is 6.46. The van der Waals surface area contributed by atoms with Gasteiger partial charge in [0, 0.05) is 18.4 Å². The van der Waals surface area contributed by atoms with Crippen LogP contribution >= 0.6 is 15.9 Å². The van der Waals surface area contributed by atoms with Gasteiger partial charge in [-0.1, -0.05) is 26.0 Å². The zero-order chi connectivity index (χ0) is 21.5. The van der Waals surface area contributed by atoms with Crippen LogP contribution in [0.4, 0.5) is 0 Å². The highest BCUT2D eigenvalue weighted by Crippen LogP contribution is 2.48. The molecule has 154 valence electrons. The van der Waals surface area contributed by atoms with Gasteiger partial charge in [-0.15, -0.1) is 0 Å². The first-order valence-electron chi connectivity index (χ1n) is 9.59. The summed E-state index contributed by atoms with van der Waals surface area (Å²) in [6, 6.07) is 13.2. The average molecular weight is 469 g/mol. The number of hydrogen-bond acceptors (Lipinski definition) is 6. The molecule has 1 aromatic carbocycles. The second-order valence-corrected chi connectivity index (χ2v) is 9.08. The third-order valence-corrected chi connectivity index (χ3v) is 5.90. The van der Waals surface area contributed by atoms with Gasteiger partial charge in [0.1, 0.15) is 41.3 Å². The molecule has 0 saturated carbocycles. The van der Waals surface area contributed by atoms with Crippen molar-refractivity contribution in [1.29, 1.82) is 5.26 Å². The Balaban J connectivity index is 1.65. The highest BCUT2D eigenvalue weighted by Gasteiger charge is 2.44. The van der Waals surface area contributed by atoms with Gasteiger partial charge >= 0.3 is 0 Å². The maximum atomic E-state index is 13.0. The summed E-state index contributed by atoms with van der Waals surface area (Å²) in [6.45, 7) is 4.23. The molecule has 0 spiro atoms. The third kappa shape index (κ3) is 3.75. The predicted octanol–water partition coefficient (Wildman–Crippen LogP) is 5.07. The molecule has 1 aliphatic carbocycles. The molecule has 6 nitrogen and oxygen atoms in total. The highest BCUT2D eigenvalue weighted by atomic mass is 79.9. The standard InChI is InChI=1S/C23H21BrN2O4/c1-23(2)9-16(27)21-19(10-23)30-22(26)14(11-25)20(21)18-8-7-13(29-18)12-28-17-6-4-3-5-15(17)24/h3-8,20H,9-10,12,26H2,1-2H3/t20-/m1/s1. The second-order valence-electron chi connectivity index (χ2n) is 8.23. The first-order chi connectivity index (χ1) is 14.3. The van der Waals surface area contributed by atoms with E-state index in [4.69, 9.17) is 19.6 Å². The average Bonchev–Trinajstić information content (AvgIpc) is 3.14. The van der Waals surface area contributed by atoms with Gasteiger partial charge in [0.05, 0.1) is 10.4 Å². The summed E-state index contributed by atoms with van der Waals surface area (Å²) >= 11 is 3.45. The number of Topliss-reactive ketones (excluding diaryl/α,β-unsaturated/α-hetero) is 1. The number of hydrogen-bond donors (Lipinski definition) is 1. The highest BCUT2D eigenvalue weighted by molar-refractivity contribution is 9.10. The summed E-state index contributed by atoms with van der Waals surface area (Å²) in [5.74, 6) is 1.58. The molecule has 0 amide bonds. The summed E-state index contributed by atoms with van der Waals surface area (Å²) < 4.78 is 18.3. The monoisotopic (exact) mass is 468 g/mol. The lowest BCUT2D eigenvalue weighted by molar-refractivity contribution is -0.119. The lowest BCUT2D eigenvalue weighted by atomic mass is 9.71. The van der Waals surface area contributed by atoms with Gasteiger partial charge in [-0.05, 0) is 45.6 Å². The number of allylic oxidation sites excluding steroid dienone is 3. The van der Waals surface area contributed by atoms with Crippen molar-refractivity contribution in [3.63, 3.8) is 0 Å². The Kier molecular flexibility index (Phi) is 5.20. The van der Waals surface area contributed by atoms with Crippen LogP contribution in [0.2, 0.25) is 0 Å². The van der Waals surface area contributed by atoms with E-state index in [1.54, 1.807) is 12.1 Å². The molecule has 0 unspecified atom stereocenters. The van der Waals surface area contributed by atoms with Crippen molar-refractivity contribution in [2.24, 2.45) is 11.1 Å². The van der Waals surface area contributed by atoms with E-state index in [0.717, 1.165) is 4.47 Å². The minimum Gasteiger partial charge on any atom is -0.484 e. The molecule has 30 heavy (non-hydrogen) atoms.